The van der Waals surface area contributed by atoms with Crippen molar-refractivity contribution in [2.24, 2.45) is 5.92 Å². The second-order valence-corrected chi connectivity index (χ2v) is 12.5. The van der Waals surface area contributed by atoms with Gasteiger partial charge in [0.1, 0.15) is 11.3 Å². The fourth-order valence-corrected chi connectivity index (χ4v) is 7.34. The summed E-state index contributed by atoms with van der Waals surface area (Å²) < 4.78 is 9.42. The van der Waals surface area contributed by atoms with Gasteiger partial charge >= 0.3 is 0 Å². The third-order valence-electron chi connectivity index (χ3n) is 9.74. The summed E-state index contributed by atoms with van der Waals surface area (Å²) in [4.78, 5) is 31.3. The fourth-order valence-electron chi connectivity index (χ4n) is 7.34. The molecule has 234 valence electrons. The smallest absolute Gasteiger partial charge is 0.245 e. The molecule has 5 aromatic rings. The van der Waals surface area contributed by atoms with Crippen molar-refractivity contribution >= 4 is 22.9 Å². The molecule has 0 saturated carbocycles. The number of carbonyl (C=O) groups is 1. The van der Waals surface area contributed by atoms with Gasteiger partial charge in [0.2, 0.25) is 5.91 Å². The number of rotatable bonds is 8. The SMILES string of the molecule is C=CC(=O)N1CCC(N(CC2COC2)[C@H]2CCc3cc(-n4c(-c5cccnc5N)nc5ccc(-n6cccn6)nc54)ccc32)CC1. The van der Waals surface area contributed by atoms with E-state index in [0.29, 0.717) is 35.5 Å². The number of imidazole rings is 1. The quantitative estimate of drug-likeness (QED) is 0.256. The Morgan fingerprint density at radius 2 is 1.93 bits per heavy atom. The van der Waals surface area contributed by atoms with E-state index in [0.717, 1.165) is 80.9 Å². The number of nitrogen functional groups attached to an aromatic ring is 1. The highest BCUT2D eigenvalue weighted by Crippen LogP contribution is 2.41. The lowest BCUT2D eigenvalue weighted by Crippen LogP contribution is -2.50. The third-order valence-corrected chi connectivity index (χ3v) is 9.74. The van der Waals surface area contributed by atoms with E-state index in [9.17, 15) is 4.79 Å². The lowest BCUT2D eigenvalue weighted by Gasteiger charge is -2.44. The van der Waals surface area contributed by atoms with E-state index in [1.807, 2.05) is 41.4 Å². The Kier molecular flexibility index (Phi) is 7.34. The zero-order valence-electron chi connectivity index (χ0n) is 25.7. The van der Waals surface area contributed by atoms with Crippen molar-refractivity contribution in [3.8, 4) is 22.9 Å². The van der Waals surface area contributed by atoms with Gasteiger partial charge in [-0.25, -0.2) is 19.6 Å². The number of fused-ring (bicyclic) bond motifs is 2. The van der Waals surface area contributed by atoms with Gasteiger partial charge in [-0.1, -0.05) is 12.6 Å². The number of anilines is 1. The molecular weight excluding hydrogens is 578 g/mol. The van der Waals surface area contributed by atoms with Crippen molar-refractivity contribution < 1.29 is 9.53 Å². The predicted molar refractivity (Wildman–Crippen MR) is 176 cm³/mol. The molecule has 1 amide bonds. The van der Waals surface area contributed by atoms with Crippen LogP contribution in [0.1, 0.15) is 36.4 Å². The van der Waals surface area contributed by atoms with E-state index >= 15 is 0 Å². The first-order valence-corrected chi connectivity index (χ1v) is 16.1. The first-order valence-electron chi connectivity index (χ1n) is 16.1. The van der Waals surface area contributed by atoms with Crippen molar-refractivity contribution in [1.82, 2.24) is 39.1 Å². The Balaban J connectivity index is 1.17. The summed E-state index contributed by atoms with van der Waals surface area (Å²) in [6, 6.07) is 17.1. The number of pyridine rings is 2. The maximum Gasteiger partial charge on any atom is 0.245 e. The van der Waals surface area contributed by atoms with Crippen LogP contribution in [0.15, 0.2) is 79.8 Å². The Hall–Kier alpha value is -4.87. The lowest BCUT2D eigenvalue weighted by atomic mass is 9.95. The number of nitrogens with two attached hydrogens (primary N) is 1. The normalized spacial score (nSPS) is 18.6. The summed E-state index contributed by atoms with van der Waals surface area (Å²) in [5.74, 6) is 2.41. The minimum absolute atomic E-state index is 0.0294. The van der Waals surface area contributed by atoms with E-state index < -0.39 is 0 Å². The number of aromatic nitrogens is 6. The van der Waals surface area contributed by atoms with Crippen LogP contribution >= 0.6 is 0 Å². The predicted octanol–water partition coefficient (Wildman–Crippen LogP) is 4.36. The van der Waals surface area contributed by atoms with Crippen LogP contribution in [-0.4, -0.2) is 83.9 Å². The molecule has 4 aromatic heterocycles. The van der Waals surface area contributed by atoms with Crippen LogP contribution in [0.5, 0.6) is 0 Å². The van der Waals surface area contributed by atoms with Crippen LogP contribution in [0.4, 0.5) is 5.82 Å². The van der Waals surface area contributed by atoms with Gasteiger partial charge in [-0.3, -0.25) is 14.3 Å². The Labute approximate surface area is 267 Å². The van der Waals surface area contributed by atoms with Gasteiger partial charge in [0.15, 0.2) is 17.3 Å². The molecule has 0 radical (unpaired) electrons. The summed E-state index contributed by atoms with van der Waals surface area (Å²) in [5, 5.41) is 4.39. The number of hydrogen-bond donors (Lipinski definition) is 1. The van der Waals surface area contributed by atoms with Gasteiger partial charge in [0.05, 0.1) is 18.8 Å². The molecule has 1 aliphatic carbocycles. The zero-order valence-corrected chi connectivity index (χ0v) is 25.7. The number of ether oxygens (including phenoxy) is 1. The highest BCUT2D eigenvalue weighted by molar-refractivity contribution is 5.87. The maximum absolute atomic E-state index is 12.3. The second-order valence-electron chi connectivity index (χ2n) is 12.5. The second kappa shape index (κ2) is 11.8. The van der Waals surface area contributed by atoms with Gasteiger partial charge in [-0.05, 0) is 85.4 Å². The highest BCUT2D eigenvalue weighted by atomic mass is 16.5. The molecule has 6 heterocycles. The first kappa shape index (κ1) is 28.6. The van der Waals surface area contributed by atoms with Crippen molar-refractivity contribution in [1.29, 1.82) is 0 Å². The molecule has 0 unspecified atom stereocenters. The first-order chi connectivity index (χ1) is 22.6. The third kappa shape index (κ3) is 5.05. The molecule has 2 saturated heterocycles. The van der Waals surface area contributed by atoms with Crippen LogP contribution in [0, 0.1) is 5.92 Å². The summed E-state index contributed by atoms with van der Waals surface area (Å²) in [6.07, 6.45) is 10.7. The van der Waals surface area contributed by atoms with Gasteiger partial charge in [-0.2, -0.15) is 5.10 Å². The summed E-state index contributed by atoms with van der Waals surface area (Å²) in [6.45, 7) is 7.89. The monoisotopic (exact) mass is 615 g/mol. The molecule has 1 aromatic carbocycles. The maximum atomic E-state index is 12.3. The van der Waals surface area contributed by atoms with Gasteiger partial charge in [0.25, 0.3) is 0 Å². The van der Waals surface area contributed by atoms with Crippen LogP contribution in [-0.2, 0) is 16.0 Å². The molecule has 8 rings (SSSR count). The molecule has 2 fully saturated rings. The van der Waals surface area contributed by atoms with E-state index in [4.69, 9.17) is 20.4 Å². The topological polar surface area (TPSA) is 120 Å². The Bertz CT molecular complexity index is 1900. The average molecular weight is 616 g/mol. The standard InChI is InChI=1S/C35H37N9O2/c1-2-32(45)41-17-12-25(13-18-41)42(20-23-21-46-22-23)30-10-6-24-19-26(7-8-27(24)30)44-34(28-5-3-14-37-33(28)36)39-29-9-11-31(40-35(29)44)43-16-4-15-38-43/h2-5,7-9,11,14-16,19,23,25,30H,1,6,10,12-13,17-18,20-22H2,(H2,36,37)/t30-/m0/s1. The van der Waals surface area contributed by atoms with Gasteiger partial charge in [-0.15, -0.1) is 0 Å². The number of amides is 1. The van der Waals surface area contributed by atoms with E-state index in [2.05, 4.69) is 44.3 Å². The molecular formula is C35H37N9O2. The molecule has 0 spiro atoms. The number of nitrogens with zero attached hydrogens (tertiary/aromatic N) is 8. The number of benzene rings is 1. The fraction of sp³-hybridized carbons (Fsp3) is 0.343. The number of aryl methyl sites for hydroxylation is 1. The number of carbonyl (C=O) groups excluding carboxylic acids is 1. The molecule has 2 N–H and O–H groups in total. The van der Waals surface area contributed by atoms with Gasteiger partial charge in [0, 0.05) is 61.9 Å². The summed E-state index contributed by atoms with van der Waals surface area (Å²) in [5.41, 5.74) is 12.4. The Morgan fingerprint density at radius 3 is 2.67 bits per heavy atom. The van der Waals surface area contributed by atoms with Crippen molar-refractivity contribution in [2.45, 2.75) is 37.8 Å². The lowest BCUT2D eigenvalue weighted by molar-refractivity contribution is -0.128. The van der Waals surface area contributed by atoms with Crippen LogP contribution < -0.4 is 5.73 Å². The molecule has 1 atom stereocenters. The Morgan fingerprint density at radius 1 is 1.07 bits per heavy atom. The number of piperidine rings is 1. The van der Waals surface area contributed by atoms with Crippen LogP contribution in [0.2, 0.25) is 0 Å². The van der Waals surface area contributed by atoms with E-state index in [1.54, 1.807) is 17.1 Å². The largest absolute Gasteiger partial charge is 0.383 e. The minimum atomic E-state index is 0.0294. The molecule has 11 nitrogen and oxygen atoms in total. The van der Waals surface area contributed by atoms with Crippen molar-refractivity contribution in [3.05, 3.63) is 90.9 Å². The van der Waals surface area contributed by atoms with Crippen LogP contribution in [0.3, 0.4) is 0 Å². The molecule has 11 heteroatoms. The van der Waals surface area contributed by atoms with Crippen LogP contribution in [0.25, 0.3) is 34.1 Å². The number of likely N-dealkylation sites (tertiary alicyclic amines) is 1. The molecule has 2 aliphatic heterocycles. The highest BCUT2D eigenvalue weighted by Gasteiger charge is 2.37. The van der Waals surface area contributed by atoms with Crippen molar-refractivity contribution in [2.75, 3.05) is 38.6 Å². The minimum Gasteiger partial charge on any atom is -0.383 e. The molecule has 46 heavy (non-hydrogen) atoms. The van der Waals surface area contributed by atoms with Crippen molar-refractivity contribution in [3.63, 3.8) is 0 Å². The van der Waals surface area contributed by atoms with E-state index in [-0.39, 0.29) is 5.91 Å². The summed E-state index contributed by atoms with van der Waals surface area (Å²) in [7, 11) is 0. The van der Waals surface area contributed by atoms with E-state index in [1.165, 1.54) is 17.2 Å². The molecule has 0 bridgehead atoms. The zero-order chi connectivity index (χ0) is 31.2. The summed E-state index contributed by atoms with van der Waals surface area (Å²) >= 11 is 0. The molecule has 3 aliphatic rings. The average Bonchev–Trinajstić information content (AvgIpc) is 3.83. The number of hydrogen-bond acceptors (Lipinski definition) is 8. The van der Waals surface area contributed by atoms with Gasteiger partial charge < -0.3 is 15.4 Å².